The summed E-state index contributed by atoms with van der Waals surface area (Å²) in [6.07, 6.45) is -0.441. The summed E-state index contributed by atoms with van der Waals surface area (Å²) < 4.78 is 32.2. The Morgan fingerprint density at radius 1 is 1.06 bits per heavy atom. The van der Waals surface area contributed by atoms with Gasteiger partial charge in [0, 0.05) is 25.2 Å². The molecule has 0 spiro atoms. The quantitative estimate of drug-likeness (QED) is 0.328. The number of carbonyl (C=O) groups excluding carboxylic acids is 2. The van der Waals surface area contributed by atoms with Crippen molar-refractivity contribution in [3.8, 4) is 0 Å². The fraction of sp³-hybridized carbons (Fsp3) is 0.300. The molecule has 0 saturated carbocycles. The van der Waals surface area contributed by atoms with E-state index < -0.39 is 33.0 Å². The molecule has 2 N–H and O–H groups in total. The van der Waals surface area contributed by atoms with Crippen LogP contribution >= 0.6 is 0 Å². The highest BCUT2D eigenvalue weighted by molar-refractivity contribution is 7.89. The lowest BCUT2D eigenvalue weighted by Crippen LogP contribution is -2.47. The molecule has 170 valence electrons. The highest BCUT2D eigenvalue weighted by Crippen LogP contribution is 2.24. The molecule has 1 fully saturated rings. The van der Waals surface area contributed by atoms with Crippen LogP contribution in [0.2, 0.25) is 0 Å². The van der Waals surface area contributed by atoms with Gasteiger partial charge in [0.2, 0.25) is 10.0 Å². The van der Waals surface area contributed by atoms with Crippen LogP contribution in [0.25, 0.3) is 0 Å². The van der Waals surface area contributed by atoms with E-state index >= 15 is 0 Å². The molecular weight excluding hydrogens is 440 g/mol. The molecule has 1 aliphatic rings. The molecule has 0 radical (unpaired) electrons. The van der Waals surface area contributed by atoms with Crippen molar-refractivity contribution in [2.45, 2.75) is 17.5 Å². The number of carbonyl (C=O) groups is 2. The minimum absolute atomic E-state index is 0.0448. The lowest BCUT2D eigenvalue weighted by atomic mass is 10.1. The molecule has 1 saturated heterocycles. The Bertz CT molecular complexity index is 1070. The van der Waals surface area contributed by atoms with Gasteiger partial charge in [-0.25, -0.2) is 8.42 Å². The summed E-state index contributed by atoms with van der Waals surface area (Å²) in [7, 11) is -4.01. The summed E-state index contributed by atoms with van der Waals surface area (Å²) in [6.45, 7) is 0.202. The second-order valence-corrected chi connectivity index (χ2v) is 8.78. The Morgan fingerprint density at radius 2 is 1.72 bits per heavy atom. The van der Waals surface area contributed by atoms with Crippen molar-refractivity contribution in [1.82, 2.24) is 14.9 Å². The third-order valence-electron chi connectivity index (χ3n) is 4.78. The van der Waals surface area contributed by atoms with Crippen LogP contribution in [0.5, 0.6) is 0 Å². The first kappa shape index (κ1) is 23.3. The second-order valence-electron chi connectivity index (χ2n) is 6.89. The number of ether oxygens (including phenoxy) is 1. The first-order valence-corrected chi connectivity index (χ1v) is 11.2. The molecule has 3 rings (SSSR count). The van der Waals surface area contributed by atoms with Gasteiger partial charge in [0.05, 0.1) is 23.0 Å². The topological polar surface area (TPSA) is 148 Å². The molecule has 1 aliphatic heterocycles. The molecule has 32 heavy (non-hydrogen) atoms. The molecule has 2 aromatic rings. The summed E-state index contributed by atoms with van der Waals surface area (Å²) in [4.78, 5) is 34.0. The summed E-state index contributed by atoms with van der Waals surface area (Å²) in [5, 5.41) is 15.7. The number of nitro benzene ring substituents is 1. The van der Waals surface area contributed by atoms with E-state index in [1.54, 1.807) is 0 Å². The van der Waals surface area contributed by atoms with E-state index in [-0.39, 0.29) is 36.8 Å². The van der Waals surface area contributed by atoms with Crippen LogP contribution in [0.15, 0.2) is 59.5 Å². The van der Waals surface area contributed by atoms with E-state index in [0.29, 0.717) is 6.42 Å². The maximum atomic E-state index is 12.9. The summed E-state index contributed by atoms with van der Waals surface area (Å²) in [5.74, 6) is -1.73. The van der Waals surface area contributed by atoms with Gasteiger partial charge >= 0.3 is 11.8 Å². The van der Waals surface area contributed by atoms with Gasteiger partial charge in [-0.2, -0.15) is 4.31 Å². The molecule has 1 atom stereocenters. The molecule has 2 aromatic carbocycles. The fourth-order valence-corrected chi connectivity index (χ4v) is 4.63. The number of hydrogen-bond acceptors (Lipinski definition) is 7. The van der Waals surface area contributed by atoms with Crippen molar-refractivity contribution in [3.63, 3.8) is 0 Å². The Balaban J connectivity index is 1.53. The van der Waals surface area contributed by atoms with E-state index in [4.69, 9.17) is 4.74 Å². The average Bonchev–Trinajstić information content (AvgIpc) is 3.27. The third kappa shape index (κ3) is 5.66. The minimum Gasteiger partial charge on any atom is -0.359 e. The molecule has 0 aromatic heterocycles. The lowest BCUT2D eigenvalue weighted by Gasteiger charge is -2.22. The first-order valence-electron chi connectivity index (χ1n) is 9.77. The van der Waals surface area contributed by atoms with Gasteiger partial charge in [-0.15, -0.1) is 0 Å². The number of nitrogens with zero attached hydrogens (tertiary/aromatic N) is 2. The molecule has 11 nitrogen and oxygen atoms in total. The van der Waals surface area contributed by atoms with Gasteiger partial charge < -0.3 is 15.4 Å². The number of sulfonamides is 1. The highest BCUT2D eigenvalue weighted by Gasteiger charge is 2.36. The average molecular weight is 462 g/mol. The summed E-state index contributed by atoms with van der Waals surface area (Å²) in [5.41, 5.74) is 0.781. The standard InChI is InChI=1S/C20H22N4O7S/c25-19(21-11-10-15-4-2-1-3-5-15)20(26)22-14-18-23(12-13-31-18)32(29,30)17-8-6-16(7-9-17)24(27)28/h1-9,18H,10-14H2,(H,21,25)(H,22,26)/t18-/m1/s1. The maximum Gasteiger partial charge on any atom is 0.309 e. The summed E-state index contributed by atoms with van der Waals surface area (Å²) in [6, 6.07) is 13.9. The van der Waals surface area contributed by atoms with Crippen LogP contribution in [-0.4, -0.2) is 61.9 Å². The SMILES string of the molecule is O=C(NCCc1ccccc1)C(=O)NC[C@H]1OCCN1S(=O)(=O)c1ccc([N+](=O)[O-])cc1. The number of nitrogens with one attached hydrogen (secondary N) is 2. The van der Waals surface area contributed by atoms with Crippen molar-refractivity contribution in [2.24, 2.45) is 0 Å². The summed E-state index contributed by atoms with van der Waals surface area (Å²) >= 11 is 0. The minimum atomic E-state index is -4.01. The van der Waals surface area contributed by atoms with Gasteiger partial charge in [0.1, 0.15) is 6.23 Å². The Morgan fingerprint density at radius 3 is 2.38 bits per heavy atom. The van der Waals surface area contributed by atoms with Crippen LogP contribution in [0, 0.1) is 10.1 Å². The smallest absolute Gasteiger partial charge is 0.309 e. The largest absolute Gasteiger partial charge is 0.359 e. The van der Waals surface area contributed by atoms with Crippen LogP contribution < -0.4 is 10.6 Å². The number of non-ortho nitro benzene ring substituents is 1. The van der Waals surface area contributed by atoms with Gasteiger partial charge in [-0.1, -0.05) is 30.3 Å². The normalized spacial score (nSPS) is 16.4. The predicted molar refractivity (Wildman–Crippen MR) is 113 cm³/mol. The zero-order chi connectivity index (χ0) is 23.1. The van der Waals surface area contributed by atoms with Crippen LogP contribution in [0.4, 0.5) is 5.69 Å². The van der Waals surface area contributed by atoms with Gasteiger partial charge in [-0.05, 0) is 24.1 Å². The Labute approximate surface area is 184 Å². The number of rotatable bonds is 8. The van der Waals surface area contributed by atoms with Gasteiger partial charge in [0.25, 0.3) is 5.69 Å². The van der Waals surface area contributed by atoms with E-state index in [1.807, 2.05) is 30.3 Å². The molecule has 1 heterocycles. The second kappa shape index (κ2) is 10.3. The molecule has 12 heteroatoms. The van der Waals surface area contributed by atoms with Crippen molar-refractivity contribution >= 4 is 27.5 Å². The lowest BCUT2D eigenvalue weighted by molar-refractivity contribution is -0.384. The Hall–Kier alpha value is -3.35. The fourth-order valence-electron chi connectivity index (χ4n) is 3.12. The van der Waals surface area contributed by atoms with Crippen molar-refractivity contribution in [3.05, 3.63) is 70.3 Å². The van der Waals surface area contributed by atoms with Crippen molar-refractivity contribution < 1.29 is 27.7 Å². The number of amides is 2. The number of benzene rings is 2. The maximum absolute atomic E-state index is 12.9. The molecule has 0 bridgehead atoms. The number of hydrogen-bond donors (Lipinski definition) is 2. The van der Waals surface area contributed by atoms with E-state index in [2.05, 4.69) is 10.6 Å². The van der Waals surface area contributed by atoms with Crippen LogP contribution in [0.1, 0.15) is 5.56 Å². The van der Waals surface area contributed by atoms with E-state index in [0.717, 1.165) is 34.1 Å². The monoisotopic (exact) mass is 462 g/mol. The molecular formula is C20H22N4O7S. The van der Waals surface area contributed by atoms with E-state index in [9.17, 15) is 28.1 Å². The van der Waals surface area contributed by atoms with E-state index in [1.165, 1.54) is 0 Å². The zero-order valence-electron chi connectivity index (χ0n) is 17.0. The van der Waals surface area contributed by atoms with Gasteiger partial charge in [-0.3, -0.25) is 19.7 Å². The van der Waals surface area contributed by atoms with Gasteiger partial charge in [0.15, 0.2) is 0 Å². The molecule has 0 aliphatic carbocycles. The van der Waals surface area contributed by atoms with Crippen molar-refractivity contribution in [1.29, 1.82) is 0 Å². The van der Waals surface area contributed by atoms with Crippen molar-refractivity contribution in [2.75, 3.05) is 26.2 Å². The van der Waals surface area contributed by atoms with Crippen LogP contribution in [0.3, 0.4) is 0 Å². The Kier molecular flexibility index (Phi) is 7.51. The third-order valence-corrected chi connectivity index (χ3v) is 6.69. The highest BCUT2D eigenvalue weighted by atomic mass is 32.2. The molecule has 0 unspecified atom stereocenters. The number of nitro groups is 1. The predicted octanol–water partition coefficient (Wildman–Crippen LogP) is 0.417. The zero-order valence-corrected chi connectivity index (χ0v) is 17.8. The van der Waals surface area contributed by atoms with Crippen LogP contribution in [-0.2, 0) is 30.8 Å². The molecule has 2 amide bonds. The first-order chi connectivity index (χ1) is 15.3.